The number of aromatic nitrogens is 4. The lowest BCUT2D eigenvalue weighted by molar-refractivity contribution is -0.136. The number of rotatable bonds is 8. The van der Waals surface area contributed by atoms with Crippen LogP contribution >= 0.6 is 0 Å². The lowest BCUT2D eigenvalue weighted by Gasteiger charge is -2.38. The number of carbonyl (C=O) groups is 2. The molecule has 43 heavy (non-hydrogen) atoms. The number of carboxylic acid groups (broad SMARTS) is 1. The Kier molecular flexibility index (Phi) is 8.70. The molecule has 5 rings (SSSR count). The fourth-order valence-corrected chi connectivity index (χ4v) is 5.00. The van der Waals surface area contributed by atoms with Gasteiger partial charge in [-0.2, -0.15) is 4.98 Å². The van der Waals surface area contributed by atoms with Gasteiger partial charge in [0, 0.05) is 24.7 Å². The molecule has 10 nitrogen and oxygen atoms in total. The van der Waals surface area contributed by atoms with Crippen molar-refractivity contribution in [2.75, 3.05) is 6.54 Å². The highest BCUT2D eigenvalue weighted by Gasteiger charge is 2.34. The number of imidazole rings is 1. The first-order chi connectivity index (χ1) is 20.6. The number of hydrogen-bond acceptors (Lipinski definition) is 7. The van der Waals surface area contributed by atoms with Crippen molar-refractivity contribution < 1.29 is 28.6 Å². The van der Waals surface area contributed by atoms with E-state index < -0.39 is 17.7 Å². The number of hydrogen-bond donors (Lipinski definition) is 1. The summed E-state index contributed by atoms with van der Waals surface area (Å²) in [5.74, 6) is -0.723. The summed E-state index contributed by atoms with van der Waals surface area (Å²) in [5, 5.41) is 8.93. The Labute approximate surface area is 249 Å². The smallest absolute Gasteiger partial charge is 0.411 e. The topological polar surface area (TPSA) is 120 Å². The van der Waals surface area contributed by atoms with Crippen LogP contribution in [-0.4, -0.2) is 53.7 Å². The number of aryl methyl sites for hydroxylation is 1. The fraction of sp³-hybridized carbons (Fsp3) is 0.344. The molecular weight excluding hydrogens is 553 g/mol. The SMILES string of the molecule is CC(C)(C)OC(=O)N1CCCCC1n1cnc(-c2ccc(F)cc2)c1-c1ccnc(Oc2ccc(CCC(=O)O)cc2)n1. The standard InChI is InChI=1S/C32H34FN5O5/c1-32(2,3)43-31(41)37-19-5-4-6-26(37)38-20-35-28(22-10-12-23(33)13-11-22)29(38)25-17-18-34-30(36-25)42-24-14-7-21(8-15-24)9-16-27(39)40/h7-8,10-15,17-18,20,26H,4-6,9,16,19H2,1-3H3,(H,39,40). The molecule has 4 aromatic rings. The Bertz CT molecular complexity index is 1580. The molecule has 0 aliphatic carbocycles. The third-order valence-electron chi connectivity index (χ3n) is 6.97. The van der Waals surface area contributed by atoms with E-state index in [9.17, 15) is 14.0 Å². The van der Waals surface area contributed by atoms with E-state index in [1.165, 1.54) is 12.1 Å². The van der Waals surface area contributed by atoms with Crippen LogP contribution in [0.4, 0.5) is 9.18 Å². The Hall–Kier alpha value is -4.80. The predicted octanol–water partition coefficient (Wildman–Crippen LogP) is 6.88. The van der Waals surface area contributed by atoms with Crippen molar-refractivity contribution in [3.8, 4) is 34.4 Å². The quantitative estimate of drug-likeness (QED) is 0.237. The van der Waals surface area contributed by atoms with Gasteiger partial charge in [-0.25, -0.2) is 19.2 Å². The van der Waals surface area contributed by atoms with Crippen molar-refractivity contribution in [2.45, 2.75) is 64.6 Å². The second-order valence-corrected chi connectivity index (χ2v) is 11.4. The molecule has 1 aliphatic heterocycles. The summed E-state index contributed by atoms with van der Waals surface area (Å²) in [5.41, 5.74) is 2.62. The number of carbonyl (C=O) groups excluding carboxylic acids is 1. The van der Waals surface area contributed by atoms with Crippen LogP contribution in [0, 0.1) is 5.82 Å². The Morgan fingerprint density at radius 3 is 2.47 bits per heavy atom. The number of ether oxygens (including phenoxy) is 2. The van der Waals surface area contributed by atoms with Gasteiger partial charge in [-0.1, -0.05) is 12.1 Å². The molecule has 1 fully saturated rings. The van der Waals surface area contributed by atoms with Gasteiger partial charge < -0.3 is 19.1 Å². The van der Waals surface area contributed by atoms with Gasteiger partial charge in [0.25, 0.3) is 0 Å². The highest BCUT2D eigenvalue weighted by molar-refractivity contribution is 5.77. The minimum atomic E-state index is -0.854. The van der Waals surface area contributed by atoms with Gasteiger partial charge in [-0.05, 0) is 94.5 Å². The molecule has 2 aromatic carbocycles. The molecule has 0 bridgehead atoms. The van der Waals surface area contributed by atoms with Crippen LogP contribution in [0.25, 0.3) is 22.6 Å². The first-order valence-corrected chi connectivity index (χ1v) is 14.2. The van der Waals surface area contributed by atoms with E-state index in [0.717, 1.165) is 18.4 Å². The van der Waals surface area contributed by atoms with E-state index in [1.807, 2.05) is 25.3 Å². The van der Waals surface area contributed by atoms with Gasteiger partial charge in [0.1, 0.15) is 23.3 Å². The minimum absolute atomic E-state index is 0.0434. The van der Waals surface area contributed by atoms with Crippen molar-refractivity contribution in [2.24, 2.45) is 0 Å². The highest BCUT2D eigenvalue weighted by Crippen LogP contribution is 2.37. The largest absolute Gasteiger partial charge is 0.481 e. The molecule has 1 aliphatic rings. The van der Waals surface area contributed by atoms with Crippen molar-refractivity contribution in [1.29, 1.82) is 0 Å². The third kappa shape index (κ3) is 7.35. The van der Waals surface area contributed by atoms with Crippen LogP contribution in [0.15, 0.2) is 67.1 Å². The molecule has 1 amide bonds. The van der Waals surface area contributed by atoms with Crippen LogP contribution in [0.3, 0.4) is 0 Å². The number of halogens is 1. The third-order valence-corrected chi connectivity index (χ3v) is 6.97. The number of carboxylic acids is 1. The molecule has 224 valence electrons. The number of piperidine rings is 1. The van der Waals surface area contributed by atoms with E-state index in [2.05, 4.69) is 4.98 Å². The van der Waals surface area contributed by atoms with Crippen LogP contribution in [-0.2, 0) is 16.0 Å². The zero-order valence-electron chi connectivity index (χ0n) is 24.4. The second-order valence-electron chi connectivity index (χ2n) is 11.4. The Morgan fingerprint density at radius 2 is 1.77 bits per heavy atom. The Morgan fingerprint density at radius 1 is 1.02 bits per heavy atom. The number of likely N-dealkylation sites (tertiary alicyclic amines) is 1. The second kappa shape index (κ2) is 12.6. The van der Waals surface area contributed by atoms with Crippen molar-refractivity contribution in [3.05, 3.63) is 78.5 Å². The summed E-state index contributed by atoms with van der Waals surface area (Å²) in [4.78, 5) is 39.6. The molecule has 1 saturated heterocycles. The summed E-state index contributed by atoms with van der Waals surface area (Å²) in [7, 11) is 0. The summed E-state index contributed by atoms with van der Waals surface area (Å²) in [6.07, 6.45) is 5.39. The van der Waals surface area contributed by atoms with E-state index >= 15 is 0 Å². The first-order valence-electron chi connectivity index (χ1n) is 14.2. The van der Waals surface area contributed by atoms with Gasteiger partial charge >= 0.3 is 18.1 Å². The summed E-state index contributed by atoms with van der Waals surface area (Å²) >= 11 is 0. The molecule has 1 unspecified atom stereocenters. The molecule has 0 spiro atoms. The number of aliphatic carboxylic acids is 1. The van der Waals surface area contributed by atoms with Crippen LogP contribution in [0.1, 0.15) is 58.2 Å². The minimum Gasteiger partial charge on any atom is -0.481 e. The van der Waals surface area contributed by atoms with Crippen molar-refractivity contribution >= 4 is 12.1 Å². The van der Waals surface area contributed by atoms with Crippen molar-refractivity contribution in [3.63, 3.8) is 0 Å². The maximum absolute atomic E-state index is 13.8. The lowest BCUT2D eigenvalue weighted by atomic mass is 10.1. The maximum Gasteiger partial charge on any atom is 0.411 e. The summed E-state index contributed by atoms with van der Waals surface area (Å²) < 4.78 is 27.4. The molecule has 3 heterocycles. The normalized spacial score (nSPS) is 15.3. The first kappa shape index (κ1) is 29.7. The Balaban J connectivity index is 1.51. The van der Waals surface area contributed by atoms with Crippen LogP contribution in [0.2, 0.25) is 0 Å². The number of benzene rings is 2. The zero-order chi connectivity index (χ0) is 30.6. The van der Waals surface area contributed by atoms with E-state index in [-0.39, 0.29) is 24.4 Å². The molecule has 1 atom stereocenters. The van der Waals surface area contributed by atoms with Gasteiger partial charge in [0.15, 0.2) is 0 Å². The predicted molar refractivity (Wildman–Crippen MR) is 157 cm³/mol. The van der Waals surface area contributed by atoms with E-state index in [0.29, 0.717) is 47.8 Å². The van der Waals surface area contributed by atoms with Gasteiger partial charge in [0.05, 0.1) is 23.4 Å². The zero-order valence-corrected chi connectivity index (χ0v) is 24.4. The monoisotopic (exact) mass is 587 g/mol. The number of nitrogens with zero attached hydrogens (tertiary/aromatic N) is 5. The maximum atomic E-state index is 13.8. The van der Waals surface area contributed by atoms with E-state index in [4.69, 9.17) is 24.5 Å². The molecule has 0 saturated carbocycles. The summed E-state index contributed by atoms with van der Waals surface area (Å²) in [6.45, 7) is 6.05. The highest BCUT2D eigenvalue weighted by atomic mass is 19.1. The average molecular weight is 588 g/mol. The lowest BCUT2D eigenvalue weighted by Crippen LogP contribution is -2.44. The molecule has 0 radical (unpaired) electrons. The molecule has 2 aromatic heterocycles. The molecular formula is C32H34FN5O5. The van der Waals surface area contributed by atoms with E-state index in [1.54, 1.807) is 59.9 Å². The molecule has 11 heteroatoms. The number of amides is 1. The van der Waals surface area contributed by atoms with Crippen LogP contribution < -0.4 is 4.74 Å². The molecule has 1 N–H and O–H groups in total. The van der Waals surface area contributed by atoms with Crippen molar-refractivity contribution in [1.82, 2.24) is 24.4 Å². The summed E-state index contributed by atoms with van der Waals surface area (Å²) in [6, 6.07) is 15.0. The van der Waals surface area contributed by atoms with Crippen LogP contribution in [0.5, 0.6) is 11.8 Å². The average Bonchev–Trinajstić information content (AvgIpc) is 3.41. The van der Waals surface area contributed by atoms with Gasteiger partial charge in [-0.3, -0.25) is 9.69 Å². The fourth-order valence-electron chi connectivity index (χ4n) is 5.00. The van der Waals surface area contributed by atoms with Gasteiger partial charge in [-0.15, -0.1) is 0 Å². The van der Waals surface area contributed by atoms with Gasteiger partial charge in [0.2, 0.25) is 0 Å².